The zero-order valence-electron chi connectivity index (χ0n) is 15.0. The van der Waals surface area contributed by atoms with Crippen LogP contribution < -0.4 is 14.8 Å². The monoisotopic (exact) mass is 384 g/mol. The summed E-state index contributed by atoms with van der Waals surface area (Å²) in [6.07, 6.45) is 5.93. The predicted octanol–water partition coefficient (Wildman–Crippen LogP) is 3.73. The summed E-state index contributed by atoms with van der Waals surface area (Å²) in [6, 6.07) is 6.97. The molecule has 0 bridgehead atoms. The molecule has 2 aromatic rings. The molecule has 3 rings (SSSR count). The quantitative estimate of drug-likeness (QED) is 0.606. The van der Waals surface area contributed by atoms with Crippen LogP contribution in [0, 0.1) is 11.3 Å². The molecule has 6 nitrogen and oxygen atoms in total. The molecule has 0 fully saturated rings. The van der Waals surface area contributed by atoms with Gasteiger partial charge in [-0.3, -0.25) is 9.59 Å². The molecule has 1 amide bonds. The summed E-state index contributed by atoms with van der Waals surface area (Å²) >= 11 is 1.49. The number of benzene rings is 1. The van der Waals surface area contributed by atoms with E-state index in [1.807, 2.05) is 0 Å². The largest absolute Gasteiger partial charge is 0.493 e. The number of methoxy groups -OCH3 is 1. The molecule has 0 radical (unpaired) electrons. The maximum absolute atomic E-state index is 12.3. The Morgan fingerprint density at radius 3 is 2.85 bits per heavy atom. The molecule has 1 N–H and O–H groups in total. The van der Waals surface area contributed by atoms with Gasteiger partial charge in [-0.25, -0.2) is 0 Å². The molecule has 1 aliphatic carbocycles. The molecule has 1 aromatic carbocycles. The minimum atomic E-state index is -0.343. The summed E-state index contributed by atoms with van der Waals surface area (Å²) in [6.45, 7) is -0.218. The lowest BCUT2D eigenvalue weighted by Gasteiger charge is -2.11. The number of fused-ring (bicyclic) bond motifs is 1. The van der Waals surface area contributed by atoms with Crippen molar-refractivity contribution in [1.82, 2.24) is 0 Å². The molecular weight excluding hydrogens is 364 g/mol. The topological polar surface area (TPSA) is 88.4 Å². The highest BCUT2D eigenvalue weighted by Gasteiger charge is 2.21. The number of carbonyl (C=O) groups excluding carboxylic acids is 2. The van der Waals surface area contributed by atoms with Crippen LogP contribution in [0.25, 0.3) is 0 Å². The number of anilines is 1. The minimum Gasteiger partial charge on any atom is -0.493 e. The third kappa shape index (κ3) is 4.29. The first kappa shape index (κ1) is 18.9. The molecule has 1 heterocycles. The van der Waals surface area contributed by atoms with Crippen LogP contribution in [-0.4, -0.2) is 25.9 Å². The van der Waals surface area contributed by atoms with Crippen molar-refractivity contribution >= 4 is 28.5 Å². The van der Waals surface area contributed by atoms with Crippen molar-refractivity contribution < 1.29 is 19.1 Å². The van der Waals surface area contributed by atoms with Gasteiger partial charge in [0.15, 0.2) is 18.1 Å². The van der Waals surface area contributed by atoms with Crippen molar-refractivity contribution in [3.63, 3.8) is 0 Å². The molecule has 27 heavy (non-hydrogen) atoms. The number of carbonyl (C=O) groups is 2. The molecule has 1 aliphatic rings. The van der Waals surface area contributed by atoms with Crippen LogP contribution in [0.4, 0.5) is 5.00 Å². The van der Waals surface area contributed by atoms with E-state index in [0.717, 1.165) is 31.2 Å². The van der Waals surface area contributed by atoms with E-state index < -0.39 is 0 Å². The summed E-state index contributed by atoms with van der Waals surface area (Å²) in [5.74, 6) is 0.415. The van der Waals surface area contributed by atoms with Gasteiger partial charge >= 0.3 is 0 Å². The molecular formula is C20H20N2O4S. The average molecular weight is 384 g/mol. The Morgan fingerprint density at radius 1 is 1.30 bits per heavy atom. The fourth-order valence-electron chi connectivity index (χ4n) is 3.13. The van der Waals surface area contributed by atoms with E-state index in [1.54, 1.807) is 18.2 Å². The standard InChI is InChI=1S/C20H20N2O4S/c1-25-17-9-13(11-23)7-8-16(17)26-12-19(24)22-20-15(10-21)14-5-3-2-4-6-18(14)27-20/h7-9,11H,2-6,12H2,1H3,(H,22,24). The highest BCUT2D eigenvalue weighted by Crippen LogP contribution is 2.37. The highest BCUT2D eigenvalue weighted by atomic mass is 32.1. The number of aldehydes is 1. The van der Waals surface area contributed by atoms with E-state index in [-0.39, 0.29) is 12.5 Å². The normalized spacial score (nSPS) is 13.0. The van der Waals surface area contributed by atoms with E-state index >= 15 is 0 Å². The molecule has 1 aromatic heterocycles. The van der Waals surface area contributed by atoms with Crippen molar-refractivity contribution in [2.24, 2.45) is 0 Å². The third-order valence-corrected chi connectivity index (χ3v) is 5.68. The van der Waals surface area contributed by atoms with Crippen LogP contribution in [0.2, 0.25) is 0 Å². The van der Waals surface area contributed by atoms with Crippen LogP contribution in [0.3, 0.4) is 0 Å². The Labute approximate surface area is 161 Å². The molecule has 0 unspecified atom stereocenters. The SMILES string of the molecule is COc1cc(C=O)ccc1OCC(=O)Nc1sc2c(c1C#N)CCCCC2. The summed E-state index contributed by atoms with van der Waals surface area (Å²) in [7, 11) is 1.47. The van der Waals surface area contributed by atoms with Crippen LogP contribution >= 0.6 is 11.3 Å². The number of nitrogens with one attached hydrogen (secondary N) is 1. The van der Waals surface area contributed by atoms with Crippen LogP contribution in [0.5, 0.6) is 11.5 Å². The molecule has 140 valence electrons. The van der Waals surface area contributed by atoms with Gasteiger partial charge in [0.2, 0.25) is 0 Å². The number of hydrogen-bond donors (Lipinski definition) is 1. The second-order valence-electron chi connectivity index (χ2n) is 6.25. The first-order chi connectivity index (χ1) is 13.2. The van der Waals surface area contributed by atoms with Gasteiger partial charge < -0.3 is 14.8 Å². The summed E-state index contributed by atoms with van der Waals surface area (Å²) in [5, 5.41) is 12.9. The average Bonchev–Trinajstić information content (AvgIpc) is 2.85. The van der Waals surface area contributed by atoms with Gasteiger partial charge in [0, 0.05) is 10.4 Å². The van der Waals surface area contributed by atoms with Gasteiger partial charge in [-0.15, -0.1) is 11.3 Å². The number of hydrogen-bond acceptors (Lipinski definition) is 6. The summed E-state index contributed by atoms with van der Waals surface area (Å²) in [5.41, 5.74) is 2.13. The zero-order valence-corrected chi connectivity index (χ0v) is 15.9. The number of nitrogens with zero attached hydrogens (tertiary/aromatic N) is 1. The van der Waals surface area contributed by atoms with Crippen molar-refractivity contribution in [3.8, 4) is 17.6 Å². The first-order valence-corrected chi connectivity index (χ1v) is 9.58. The molecule has 0 aliphatic heterocycles. The van der Waals surface area contributed by atoms with Crippen molar-refractivity contribution in [2.45, 2.75) is 32.1 Å². The molecule has 0 saturated carbocycles. The fourth-order valence-corrected chi connectivity index (χ4v) is 4.39. The molecule has 0 spiro atoms. The second kappa shape index (κ2) is 8.69. The Hall–Kier alpha value is -2.85. The number of rotatable bonds is 6. The van der Waals surface area contributed by atoms with E-state index in [1.165, 1.54) is 29.7 Å². The first-order valence-electron chi connectivity index (χ1n) is 8.76. The Kier molecular flexibility index (Phi) is 6.09. The van der Waals surface area contributed by atoms with Gasteiger partial charge in [0.25, 0.3) is 5.91 Å². The van der Waals surface area contributed by atoms with Gasteiger partial charge in [-0.05, 0) is 49.4 Å². The maximum atomic E-state index is 12.3. The predicted molar refractivity (Wildman–Crippen MR) is 103 cm³/mol. The lowest BCUT2D eigenvalue weighted by molar-refractivity contribution is -0.118. The Bertz CT molecular complexity index is 898. The lowest BCUT2D eigenvalue weighted by atomic mass is 10.1. The third-order valence-electron chi connectivity index (χ3n) is 4.47. The number of ether oxygens (including phenoxy) is 2. The Balaban J connectivity index is 1.68. The van der Waals surface area contributed by atoms with E-state index in [2.05, 4.69) is 11.4 Å². The van der Waals surface area contributed by atoms with Gasteiger partial charge in [-0.2, -0.15) is 5.26 Å². The highest BCUT2D eigenvalue weighted by molar-refractivity contribution is 7.16. The van der Waals surface area contributed by atoms with Gasteiger partial charge in [-0.1, -0.05) is 6.42 Å². The molecule has 0 atom stereocenters. The minimum absolute atomic E-state index is 0.218. The van der Waals surface area contributed by atoms with E-state index in [4.69, 9.17) is 9.47 Å². The number of amides is 1. The zero-order chi connectivity index (χ0) is 19.2. The van der Waals surface area contributed by atoms with Gasteiger partial charge in [0.05, 0.1) is 12.7 Å². The summed E-state index contributed by atoms with van der Waals surface area (Å²) < 4.78 is 10.7. The number of thiophene rings is 1. The summed E-state index contributed by atoms with van der Waals surface area (Å²) in [4.78, 5) is 24.4. The van der Waals surface area contributed by atoms with E-state index in [9.17, 15) is 14.9 Å². The van der Waals surface area contributed by atoms with E-state index in [0.29, 0.717) is 33.9 Å². The van der Waals surface area contributed by atoms with Crippen molar-refractivity contribution in [3.05, 3.63) is 39.8 Å². The Morgan fingerprint density at radius 2 is 2.11 bits per heavy atom. The van der Waals surface area contributed by atoms with Crippen LogP contribution in [-0.2, 0) is 17.6 Å². The number of aryl methyl sites for hydroxylation is 1. The molecule has 7 heteroatoms. The van der Waals surface area contributed by atoms with Crippen LogP contribution in [0.1, 0.15) is 45.6 Å². The van der Waals surface area contributed by atoms with Crippen LogP contribution in [0.15, 0.2) is 18.2 Å². The molecule has 0 saturated heterocycles. The fraction of sp³-hybridized carbons (Fsp3) is 0.350. The van der Waals surface area contributed by atoms with Crippen molar-refractivity contribution in [1.29, 1.82) is 5.26 Å². The lowest BCUT2D eigenvalue weighted by Crippen LogP contribution is -2.20. The van der Waals surface area contributed by atoms with Crippen molar-refractivity contribution in [2.75, 3.05) is 19.0 Å². The van der Waals surface area contributed by atoms with Gasteiger partial charge in [0.1, 0.15) is 17.4 Å². The second-order valence-corrected chi connectivity index (χ2v) is 7.35. The smallest absolute Gasteiger partial charge is 0.262 e. The maximum Gasteiger partial charge on any atom is 0.262 e. The number of nitriles is 1.